The number of nitrogens with zero attached hydrogens (tertiary/aromatic N) is 2. The average Bonchev–Trinajstić information content (AvgIpc) is 2.59. The van der Waals surface area contributed by atoms with Crippen molar-refractivity contribution in [1.29, 1.82) is 0 Å². The van der Waals surface area contributed by atoms with E-state index >= 15 is 0 Å². The van der Waals surface area contributed by atoms with Gasteiger partial charge in [-0.1, -0.05) is 45.7 Å². The van der Waals surface area contributed by atoms with Crippen molar-refractivity contribution < 1.29 is 0 Å². The number of fused-ring (bicyclic) bond motifs is 1. The predicted octanol–water partition coefficient (Wildman–Crippen LogP) is 4.39. The van der Waals surface area contributed by atoms with Crippen LogP contribution in [0.1, 0.15) is 11.1 Å². The highest BCUT2D eigenvalue weighted by Crippen LogP contribution is 2.30. The van der Waals surface area contributed by atoms with Gasteiger partial charge in [-0.3, -0.25) is 4.99 Å². The molecule has 0 fully saturated rings. The van der Waals surface area contributed by atoms with Crippen LogP contribution in [0.15, 0.2) is 51.9 Å². The van der Waals surface area contributed by atoms with Crippen molar-refractivity contribution in [2.45, 2.75) is 0 Å². The first kappa shape index (κ1) is 13.7. The van der Waals surface area contributed by atoms with E-state index in [1.165, 1.54) is 5.69 Å². The fourth-order valence-corrected chi connectivity index (χ4v) is 3.08. The van der Waals surface area contributed by atoms with E-state index in [9.17, 15) is 0 Å². The van der Waals surface area contributed by atoms with Crippen LogP contribution in [0, 0.1) is 0 Å². The van der Waals surface area contributed by atoms with Gasteiger partial charge in [0, 0.05) is 39.9 Å². The Balaban J connectivity index is 2.22. The van der Waals surface area contributed by atoms with Gasteiger partial charge in [-0.05, 0) is 24.3 Å². The Morgan fingerprint density at radius 3 is 2.75 bits per heavy atom. The van der Waals surface area contributed by atoms with Crippen LogP contribution >= 0.6 is 27.5 Å². The second-order valence-electron chi connectivity index (χ2n) is 4.79. The van der Waals surface area contributed by atoms with Crippen LogP contribution in [0.4, 0.5) is 5.69 Å². The second kappa shape index (κ2) is 5.58. The van der Waals surface area contributed by atoms with Crippen LogP contribution in [-0.4, -0.2) is 25.8 Å². The standard InChI is InChI=1S/C16H14BrClN2/c1-20-9-8-19-16(12-4-2-3-5-14(12)17)13-10-11(18)6-7-15(13)20/h2-7,10H,8-9H2,1H3. The van der Waals surface area contributed by atoms with E-state index < -0.39 is 0 Å². The van der Waals surface area contributed by atoms with Crippen LogP contribution in [0.3, 0.4) is 0 Å². The van der Waals surface area contributed by atoms with Gasteiger partial charge in [-0.25, -0.2) is 0 Å². The van der Waals surface area contributed by atoms with Crippen LogP contribution in [0.5, 0.6) is 0 Å². The zero-order chi connectivity index (χ0) is 14.1. The van der Waals surface area contributed by atoms with E-state index in [-0.39, 0.29) is 0 Å². The lowest BCUT2D eigenvalue weighted by Gasteiger charge is -2.19. The van der Waals surface area contributed by atoms with E-state index in [1.807, 2.05) is 30.3 Å². The molecule has 0 spiro atoms. The van der Waals surface area contributed by atoms with Gasteiger partial charge in [0.15, 0.2) is 0 Å². The Hall–Kier alpha value is -1.32. The van der Waals surface area contributed by atoms with Crippen molar-refractivity contribution >= 4 is 38.9 Å². The summed E-state index contributed by atoms with van der Waals surface area (Å²) < 4.78 is 1.05. The van der Waals surface area contributed by atoms with E-state index in [0.717, 1.165) is 39.4 Å². The van der Waals surface area contributed by atoms with Gasteiger partial charge >= 0.3 is 0 Å². The first-order valence-corrected chi connectivity index (χ1v) is 7.64. The Morgan fingerprint density at radius 2 is 1.95 bits per heavy atom. The van der Waals surface area contributed by atoms with Crippen LogP contribution < -0.4 is 4.90 Å². The van der Waals surface area contributed by atoms with Gasteiger partial charge < -0.3 is 4.90 Å². The van der Waals surface area contributed by atoms with Crippen molar-refractivity contribution in [3.63, 3.8) is 0 Å². The average molecular weight is 350 g/mol. The van der Waals surface area contributed by atoms with Gasteiger partial charge in [0.25, 0.3) is 0 Å². The summed E-state index contributed by atoms with van der Waals surface area (Å²) in [7, 11) is 2.09. The molecule has 3 rings (SSSR count). The third-order valence-electron chi connectivity index (χ3n) is 3.46. The molecule has 1 aliphatic rings. The smallest absolute Gasteiger partial charge is 0.0752 e. The Kier molecular flexibility index (Phi) is 3.81. The van der Waals surface area contributed by atoms with Crippen LogP contribution in [-0.2, 0) is 0 Å². The zero-order valence-electron chi connectivity index (χ0n) is 11.1. The van der Waals surface area contributed by atoms with Gasteiger partial charge in [-0.2, -0.15) is 0 Å². The fraction of sp³-hybridized carbons (Fsp3) is 0.188. The number of hydrogen-bond donors (Lipinski definition) is 0. The maximum absolute atomic E-state index is 6.18. The largest absolute Gasteiger partial charge is 0.372 e. The minimum Gasteiger partial charge on any atom is -0.372 e. The number of likely N-dealkylation sites (N-methyl/N-ethyl adjacent to an activating group) is 1. The number of rotatable bonds is 1. The first-order valence-electron chi connectivity index (χ1n) is 6.47. The minimum absolute atomic E-state index is 0.735. The Morgan fingerprint density at radius 1 is 1.15 bits per heavy atom. The number of aliphatic imine (C=N–C) groups is 1. The molecule has 0 saturated carbocycles. The monoisotopic (exact) mass is 348 g/mol. The summed E-state index contributed by atoms with van der Waals surface area (Å²) in [5, 5.41) is 0.735. The molecular formula is C16H14BrClN2. The van der Waals surface area contributed by atoms with Gasteiger partial charge in [-0.15, -0.1) is 0 Å². The molecule has 0 bridgehead atoms. The summed E-state index contributed by atoms with van der Waals surface area (Å²) in [5.41, 5.74) is 4.36. The predicted molar refractivity (Wildman–Crippen MR) is 89.4 cm³/mol. The highest BCUT2D eigenvalue weighted by Gasteiger charge is 2.19. The molecule has 0 amide bonds. The summed E-state index contributed by atoms with van der Waals surface area (Å²) in [6.07, 6.45) is 0. The topological polar surface area (TPSA) is 15.6 Å². The molecule has 20 heavy (non-hydrogen) atoms. The summed E-state index contributed by atoms with van der Waals surface area (Å²) in [6, 6.07) is 14.2. The molecule has 2 aromatic carbocycles. The number of anilines is 1. The number of benzene rings is 2. The molecule has 0 atom stereocenters. The quantitative estimate of drug-likeness (QED) is 0.745. The second-order valence-corrected chi connectivity index (χ2v) is 6.08. The van der Waals surface area contributed by atoms with Crippen molar-refractivity contribution in [1.82, 2.24) is 0 Å². The molecule has 102 valence electrons. The lowest BCUT2D eigenvalue weighted by Crippen LogP contribution is -2.20. The molecule has 0 unspecified atom stereocenters. The molecule has 1 heterocycles. The summed E-state index contributed by atoms with van der Waals surface area (Å²) in [4.78, 5) is 6.99. The lowest BCUT2D eigenvalue weighted by atomic mass is 10.0. The highest BCUT2D eigenvalue weighted by atomic mass is 79.9. The Labute approximate surface area is 132 Å². The normalized spacial score (nSPS) is 14.6. The molecule has 0 aliphatic carbocycles. The summed E-state index contributed by atoms with van der Waals surface area (Å²) in [6.45, 7) is 1.68. The van der Waals surface area contributed by atoms with Crippen molar-refractivity contribution in [3.05, 3.63) is 63.1 Å². The summed E-state index contributed by atoms with van der Waals surface area (Å²) in [5.74, 6) is 0. The number of halogens is 2. The molecule has 2 nitrogen and oxygen atoms in total. The zero-order valence-corrected chi connectivity index (χ0v) is 13.4. The molecular weight excluding hydrogens is 336 g/mol. The SMILES string of the molecule is CN1CCN=C(c2ccccc2Br)c2cc(Cl)ccc21. The molecule has 2 aromatic rings. The van der Waals surface area contributed by atoms with Gasteiger partial charge in [0.05, 0.1) is 12.3 Å². The maximum Gasteiger partial charge on any atom is 0.0752 e. The van der Waals surface area contributed by atoms with E-state index in [0.29, 0.717) is 0 Å². The van der Waals surface area contributed by atoms with Crippen LogP contribution in [0.2, 0.25) is 5.02 Å². The first-order chi connectivity index (χ1) is 9.66. The van der Waals surface area contributed by atoms with E-state index in [2.05, 4.69) is 40.0 Å². The maximum atomic E-state index is 6.18. The molecule has 1 aliphatic heterocycles. The minimum atomic E-state index is 0.735. The van der Waals surface area contributed by atoms with E-state index in [1.54, 1.807) is 0 Å². The molecule has 0 N–H and O–H groups in total. The Bertz CT molecular complexity index is 682. The highest BCUT2D eigenvalue weighted by molar-refractivity contribution is 9.10. The molecule has 4 heteroatoms. The fourth-order valence-electron chi connectivity index (χ4n) is 2.43. The van der Waals surface area contributed by atoms with Gasteiger partial charge in [0.1, 0.15) is 0 Å². The lowest BCUT2D eigenvalue weighted by molar-refractivity contribution is 0.896. The molecule has 0 radical (unpaired) electrons. The summed E-state index contributed by atoms with van der Waals surface area (Å²) >= 11 is 9.80. The number of benzodiazepines with no additional fused rings is 1. The van der Waals surface area contributed by atoms with Gasteiger partial charge in [0.2, 0.25) is 0 Å². The van der Waals surface area contributed by atoms with E-state index in [4.69, 9.17) is 16.6 Å². The van der Waals surface area contributed by atoms with Crippen molar-refractivity contribution in [2.24, 2.45) is 4.99 Å². The third kappa shape index (κ3) is 2.48. The van der Waals surface area contributed by atoms with Crippen molar-refractivity contribution in [2.75, 3.05) is 25.0 Å². The molecule has 0 saturated heterocycles. The molecule has 0 aromatic heterocycles. The van der Waals surface area contributed by atoms with Crippen molar-refractivity contribution in [3.8, 4) is 0 Å². The van der Waals surface area contributed by atoms with Crippen LogP contribution in [0.25, 0.3) is 0 Å². The third-order valence-corrected chi connectivity index (χ3v) is 4.39. The number of hydrogen-bond acceptors (Lipinski definition) is 2.